The lowest BCUT2D eigenvalue weighted by Gasteiger charge is -2.39. The fourth-order valence-electron chi connectivity index (χ4n) is 4.93. The molecule has 1 spiro atoms. The van der Waals surface area contributed by atoms with Gasteiger partial charge in [0.25, 0.3) is 0 Å². The molecule has 0 amide bonds. The van der Waals surface area contributed by atoms with Crippen LogP contribution >= 0.6 is 0 Å². The lowest BCUT2D eigenvalue weighted by Crippen LogP contribution is -2.47. The number of aryl methyl sites for hydroxylation is 3. The Hall–Kier alpha value is -2.58. The lowest BCUT2D eigenvalue weighted by molar-refractivity contribution is 0.219. The van der Waals surface area contributed by atoms with Crippen LogP contribution in [-0.4, -0.2) is 45.6 Å². The van der Waals surface area contributed by atoms with Crippen molar-refractivity contribution in [3.63, 3.8) is 0 Å². The minimum absolute atomic E-state index is 0.247. The van der Waals surface area contributed by atoms with E-state index in [1.54, 1.807) is 29.2 Å². The zero-order valence-corrected chi connectivity index (χ0v) is 18.1. The van der Waals surface area contributed by atoms with Gasteiger partial charge in [-0.15, -0.1) is 0 Å². The van der Waals surface area contributed by atoms with Crippen LogP contribution in [0.5, 0.6) is 0 Å². The van der Waals surface area contributed by atoms with Crippen molar-refractivity contribution >= 4 is 10.0 Å². The largest absolute Gasteiger partial charge is 0.274 e. The zero-order chi connectivity index (χ0) is 20.9. The van der Waals surface area contributed by atoms with Crippen LogP contribution in [0.2, 0.25) is 0 Å². The first kappa shape index (κ1) is 19.4. The molecule has 0 radical (unpaired) electrons. The summed E-state index contributed by atoms with van der Waals surface area (Å²) in [6, 6.07) is 9.95. The number of piperidine rings is 1. The second-order valence-corrected chi connectivity index (χ2v) is 10.3. The van der Waals surface area contributed by atoms with E-state index in [0.29, 0.717) is 29.5 Å². The second kappa shape index (κ2) is 6.99. The molecule has 1 saturated heterocycles. The van der Waals surface area contributed by atoms with Crippen molar-refractivity contribution in [2.75, 3.05) is 13.1 Å². The molecule has 0 bridgehead atoms. The molecule has 3 aromatic rings. The standard InChI is InChI=1S/C22H25N5O2S/c1-16-19(14-26(2)25-16)30(28,29)27-12-6-10-22(15-27)11-9-18-13-23-21(24-20(18)22)17-7-4-3-5-8-17/h3-5,7-8,13-14H,6,9-12,15H2,1-2H3. The van der Waals surface area contributed by atoms with Crippen LogP contribution in [0.3, 0.4) is 0 Å². The van der Waals surface area contributed by atoms with E-state index < -0.39 is 10.0 Å². The van der Waals surface area contributed by atoms with Gasteiger partial charge in [-0.25, -0.2) is 18.4 Å². The molecule has 30 heavy (non-hydrogen) atoms. The molecule has 1 unspecified atom stereocenters. The minimum atomic E-state index is -3.59. The molecule has 156 valence electrons. The Bertz CT molecular complexity index is 1200. The Morgan fingerprint density at radius 1 is 1.13 bits per heavy atom. The predicted molar refractivity (Wildman–Crippen MR) is 113 cm³/mol. The van der Waals surface area contributed by atoms with Crippen LogP contribution in [0, 0.1) is 6.92 Å². The van der Waals surface area contributed by atoms with Crippen LogP contribution in [-0.2, 0) is 28.9 Å². The molecule has 1 atom stereocenters. The van der Waals surface area contributed by atoms with E-state index in [9.17, 15) is 8.42 Å². The van der Waals surface area contributed by atoms with Gasteiger partial charge in [-0.3, -0.25) is 4.68 Å². The Labute approximate surface area is 176 Å². The Morgan fingerprint density at radius 2 is 1.93 bits per heavy atom. The van der Waals surface area contributed by atoms with E-state index in [2.05, 4.69) is 10.1 Å². The van der Waals surface area contributed by atoms with Gasteiger partial charge in [0.15, 0.2) is 5.82 Å². The maximum Gasteiger partial charge on any atom is 0.246 e. The highest BCUT2D eigenvalue weighted by Gasteiger charge is 2.46. The Morgan fingerprint density at radius 3 is 2.67 bits per heavy atom. The molecular weight excluding hydrogens is 398 g/mol. The van der Waals surface area contributed by atoms with E-state index >= 15 is 0 Å². The Balaban J connectivity index is 1.52. The van der Waals surface area contributed by atoms with Crippen LogP contribution in [0.1, 0.15) is 36.2 Å². The number of nitrogens with zero attached hydrogens (tertiary/aromatic N) is 5. The third-order valence-corrected chi connectivity index (χ3v) is 8.35. The van der Waals surface area contributed by atoms with Gasteiger partial charge >= 0.3 is 0 Å². The van der Waals surface area contributed by atoms with Crippen molar-refractivity contribution in [2.45, 2.75) is 42.9 Å². The van der Waals surface area contributed by atoms with E-state index in [-0.39, 0.29) is 5.41 Å². The zero-order valence-electron chi connectivity index (χ0n) is 17.2. The van der Waals surface area contributed by atoms with E-state index in [1.807, 2.05) is 36.5 Å². The molecule has 1 fully saturated rings. The smallest absolute Gasteiger partial charge is 0.246 e. The molecule has 3 heterocycles. The number of rotatable bonds is 3. The van der Waals surface area contributed by atoms with Crippen molar-refractivity contribution < 1.29 is 8.42 Å². The number of aromatic nitrogens is 4. The average molecular weight is 424 g/mol. The molecule has 1 aromatic carbocycles. The van der Waals surface area contributed by atoms with Crippen molar-refractivity contribution in [2.24, 2.45) is 7.05 Å². The first-order valence-corrected chi connectivity index (χ1v) is 11.8. The first-order valence-electron chi connectivity index (χ1n) is 10.3. The molecule has 8 heteroatoms. The predicted octanol–water partition coefficient (Wildman–Crippen LogP) is 2.85. The molecule has 7 nitrogen and oxygen atoms in total. The Kier molecular flexibility index (Phi) is 4.52. The summed E-state index contributed by atoms with van der Waals surface area (Å²) in [6.07, 6.45) is 7.10. The number of benzene rings is 1. The van der Waals surface area contributed by atoms with Crippen molar-refractivity contribution in [3.05, 3.63) is 59.7 Å². The maximum absolute atomic E-state index is 13.4. The van der Waals surface area contributed by atoms with Crippen molar-refractivity contribution in [1.29, 1.82) is 0 Å². The monoisotopic (exact) mass is 423 g/mol. The van der Waals surface area contributed by atoms with Crippen LogP contribution in [0.15, 0.2) is 47.6 Å². The van der Waals surface area contributed by atoms with Gasteiger partial charge in [0.05, 0.1) is 11.4 Å². The molecule has 2 aromatic heterocycles. The third kappa shape index (κ3) is 3.06. The lowest BCUT2D eigenvalue weighted by atomic mass is 9.78. The molecule has 0 saturated carbocycles. The maximum atomic E-state index is 13.4. The van der Waals surface area contributed by atoms with Crippen molar-refractivity contribution in [3.8, 4) is 11.4 Å². The highest BCUT2D eigenvalue weighted by molar-refractivity contribution is 7.89. The fourth-order valence-corrected chi connectivity index (χ4v) is 6.69. The van der Waals surface area contributed by atoms with Crippen LogP contribution < -0.4 is 0 Å². The van der Waals surface area contributed by atoms with Gasteiger partial charge in [-0.2, -0.15) is 9.40 Å². The van der Waals surface area contributed by atoms with Gasteiger partial charge in [0, 0.05) is 43.5 Å². The van der Waals surface area contributed by atoms with Crippen LogP contribution in [0.4, 0.5) is 0 Å². The van der Waals surface area contributed by atoms with Gasteiger partial charge in [-0.05, 0) is 38.2 Å². The molecule has 5 rings (SSSR count). The van der Waals surface area contributed by atoms with Gasteiger partial charge < -0.3 is 0 Å². The van der Waals surface area contributed by atoms with E-state index in [0.717, 1.165) is 42.5 Å². The minimum Gasteiger partial charge on any atom is -0.274 e. The normalized spacial score (nSPS) is 21.8. The summed E-state index contributed by atoms with van der Waals surface area (Å²) in [5.74, 6) is 0.707. The van der Waals surface area contributed by atoms with Gasteiger partial charge in [0.2, 0.25) is 10.0 Å². The summed E-state index contributed by atoms with van der Waals surface area (Å²) in [4.78, 5) is 9.84. The first-order chi connectivity index (χ1) is 14.4. The number of hydrogen-bond donors (Lipinski definition) is 0. The molecular formula is C22H25N5O2S. The van der Waals surface area contributed by atoms with E-state index in [4.69, 9.17) is 4.98 Å². The number of sulfonamides is 1. The fraction of sp³-hybridized carbons (Fsp3) is 0.409. The van der Waals surface area contributed by atoms with Gasteiger partial charge in [-0.1, -0.05) is 30.3 Å². The van der Waals surface area contributed by atoms with Gasteiger partial charge in [0.1, 0.15) is 4.90 Å². The summed E-state index contributed by atoms with van der Waals surface area (Å²) in [5, 5.41) is 4.23. The number of hydrogen-bond acceptors (Lipinski definition) is 5. The summed E-state index contributed by atoms with van der Waals surface area (Å²) in [6.45, 7) is 2.74. The highest BCUT2D eigenvalue weighted by atomic mass is 32.2. The topological polar surface area (TPSA) is 81.0 Å². The average Bonchev–Trinajstić information content (AvgIpc) is 3.28. The van der Waals surface area contributed by atoms with Crippen molar-refractivity contribution in [1.82, 2.24) is 24.1 Å². The number of fused-ring (bicyclic) bond motifs is 2. The molecule has 0 N–H and O–H groups in total. The molecule has 1 aliphatic carbocycles. The summed E-state index contributed by atoms with van der Waals surface area (Å²) < 4.78 is 30.0. The highest BCUT2D eigenvalue weighted by Crippen LogP contribution is 2.45. The molecule has 1 aliphatic heterocycles. The summed E-state index contributed by atoms with van der Waals surface area (Å²) >= 11 is 0. The second-order valence-electron chi connectivity index (χ2n) is 8.41. The summed E-state index contributed by atoms with van der Waals surface area (Å²) in [7, 11) is -1.84. The third-order valence-electron chi connectivity index (χ3n) is 6.40. The van der Waals surface area contributed by atoms with Crippen LogP contribution in [0.25, 0.3) is 11.4 Å². The SMILES string of the molecule is Cc1nn(C)cc1S(=O)(=O)N1CCCC2(CCc3cnc(-c4ccccc4)nc32)C1. The molecule has 2 aliphatic rings. The summed E-state index contributed by atoms with van der Waals surface area (Å²) in [5.41, 5.74) is 3.44. The quantitative estimate of drug-likeness (QED) is 0.647. The van der Waals surface area contributed by atoms with E-state index in [1.165, 1.54) is 0 Å².